The van der Waals surface area contributed by atoms with Gasteiger partial charge in [0.2, 0.25) is 0 Å². The van der Waals surface area contributed by atoms with Crippen LogP contribution in [-0.2, 0) is 10.0 Å². The van der Waals surface area contributed by atoms with Crippen molar-refractivity contribution >= 4 is 15.7 Å². The largest absolute Gasteiger partial charge is 0.393 e. The van der Waals surface area contributed by atoms with Gasteiger partial charge in [0.25, 0.3) is 10.0 Å². The molecule has 0 aliphatic heterocycles. The fourth-order valence-electron chi connectivity index (χ4n) is 7.30. The number of hydrazone groups is 1. The Morgan fingerprint density at radius 1 is 0.900 bits per heavy atom. The van der Waals surface area contributed by atoms with E-state index in [0.717, 1.165) is 67.1 Å². The molecule has 30 heavy (non-hydrogen) atoms. The number of sulfonamides is 1. The van der Waals surface area contributed by atoms with Crippen molar-refractivity contribution in [3.05, 3.63) is 29.8 Å². The van der Waals surface area contributed by atoms with Crippen molar-refractivity contribution in [3.8, 4) is 0 Å². The van der Waals surface area contributed by atoms with Gasteiger partial charge < -0.3 is 5.11 Å². The van der Waals surface area contributed by atoms with Crippen molar-refractivity contribution < 1.29 is 13.5 Å². The minimum atomic E-state index is -3.61. The monoisotopic (exact) mass is 430 g/mol. The Morgan fingerprint density at radius 2 is 1.60 bits per heavy atom. The number of hydrogen-bond acceptors (Lipinski definition) is 4. The lowest BCUT2D eigenvalue weighted by molar-refractivity contribution is -0.0411. The predicted molar refractivity (Wildman–Crippen MR) is 117 cm³/mol. The van der Waals surface area contributed by atoms with E-state index < -0.39 is 10.0 Å². The minimum Gasteiger partial charge on any atom is -0.393 e. The second-order valence-corrected chi connectivity index (χ2v) is 11.9. The molecule has 1 aromatic rings. The van der Waals surface area contributed by atoms with Crippen LogP contribution in [0.15, 0.2) is 34.3 Å². The zero-order valence-electron chi connectivity index (χ0n) is 17.8. The summed E-state index contributed by atoms with van der Waals surface area (Å²) in [5, 5.41) is 14.5. The average molecular weight is 431 g/mol. The molecule has 0 amide bonds. The predicted octanol–water partition coefficient (Wildman–Crippen LogP) is 4.25. The molecule has 0 unspecified atom stereocenters. The normalized spacial score (nSPS) is 39.8. The first-order valence-corrected chi connectivity index (χ1v) is 13.2. The number of aliphatic hydroxyl groups excluding tert-OH is 1. The molecule has 0 spiro atoms. The van der Waals surface area contributed by atoms with Crippen molar-refractivity contribution in [3.63, 3.8) is 0 Å². The van der Waals surface area contributed by atoms with E-state index in [2.05, 4.69) is 9.93 Å². The number of aliphatic hydroxyl groups is 1. The summed E-state index contributed by atoms with van der Waals surface area (Å²) in [6, 6.07) is 6.91. The third-order valence-electron chi connectivity index (χ3n) is 8.66. The Balaban J connectivity index is 1.28. The summed E-state index contributed by atoms with van der Waals surface area (Å²) in [5.74, 6) is 4.20. The standard InChI is InChI=1S/C24H34N2O3S/c1-15-2-6-18(7-3-15)30(28,29)26-25-24-13-12-22-21-8-4-16-14-17(27)5-9-19(16)20(21)10-11-23(22)24/h2-3,6-7,16-17,19-23,26-27H,4-5,8-14H2,1H3/b25-24-/t16-,17-,19+,20+,21+,22-,23-/m0/s1. The first kappa shape index (κ1) is 20.5. The van der Waals surface area contributed by atoms with E-state index in [1.165, 1.54) is 25.7 Å². The molecular weight excluding hydrogens is 396 g/mol. The quantitative estimate of drug-likeness (QED) is 0.704. The van der Waals surface area contributed by atoms with E-state index in [-0.39, 0.29) is 11.0 Å². The summed E-state index contributed by atoms with van der Waals surface area (Å²) in [4.78, 5) is 2.80. The SMILES string of the molecule is Cc1ccc(S(=O)(=O)N/N=C2/CC[C@H]3[C@@H]4CC[C@H]5C[C@@H](O)CC[C@H]5[C@H]4CC[C@H]23)cc1. The van der Waals surface area contributed by atoms with Crippen LogP contribution in [0.2, 0.25) is 0 Å². The van der Waals surface area contributed by atoms with Gasteiger partial charge in [-0.25, -0.2) is 4.83 Å². The van der Waals surface area contributed by atoms with Crippen LogP contribution in [0.5, 0.6) is 0 Å². The molecule has 0 saturated heterocycles. The average Bonchev–Trinajstić information content (AvgIpc) is 3.15. The van der Waals surface area contributed by atoms with Gasteiger partial charge in [-0.15, -0.1) is 0 Å². The van der Waals surface area contributed by atoms with Crippen LogP contribution < -0.4 is 4.83 Å². The highest BCUT2D eigenvalue weighted by molar-refractivity contribution is 7.89. The van der Waals surface area contributed by atoms with Crippen molar-refractivity contribution in [1.29, 1.82) is 0 Å². The molecule has 2 N–H and O–H groups in total. The van der Waals surface area contributed by atoms with E-state index in [1.54, 1.807) is 12.1 Å². The molecule has 0 heterocycles. The first-order valence-electron chi connectivity index (χ1n) is 11.8. The summed E-state index contributed by atoms with van der Waals surface area (Å²) in [5.41, 5.74) is 2.10. The molecule has 5 nitrogen and oxygen atoms in total. The fourth-order valence-corrected chi connectivity index (χ4v) is 8.13. The topological polar surface area (TPSA) is 78.8 Å². The lowest BCUT2D eigenvalue weighted by Crippen LogP contribution is -2.45. The summed E-state index contributed by atoms with van der Waals surface area (Å²) < 4.78 is 25.3. The number of hydrogen-bond donors (Lipinski definition) is 2. The van der Waals surface area contributed by atoms with E-state index in [4.69, 9.17) is 0 Å². The smallest absolute Gasteiger partial charge is 0.276 e. The Bertz CT molecular complexity index is 911. The number of rotatable bonds is 3. The van der Waals surface area contributed by atoms with Gasteiger partial charge in [-0.2, -0.15) is 13.5 Å². The third kappa shape index (κ3) is 3.70. The highest BCUT2D eigenvalue weighted by Gasteiger charge is 2.51. The van der Waals surface area contributed by atoms with E-state index in [1.807, 2.05) is 19.1 Å². The minimum absolute atomic E-state index is 0.0779. The van der Waals surface area contributed by atoms with Crippen LogP contribution >= 0.6 is 0 Å². The lowest BCUT2D eigenvalue weighted by atomic mass is 9.53. The van der Waals surface area contributed by atoms with Crippen molar-refractivity contribution in [2.75, 3.05) is 0 Å². The van der Waals surface area contributed by atoms with Crippen molar-refractivity contribution in [2.45, 2.75) is 75.7 Å². The van der Waals surface area contributed by atoms with E-state index >= 15 is 0 Å². The number of benzene rings is 1. The van der Waals surface area contributed by atoms with Gasteiger partial charge in [0, 0.05) is 11.6 Å². The zero-order chi connectivity index (χ0) is 20.9. The molecule has 0 aromatic heterocycles. The maximum Gasteiger partial charge on any atom is 0.276 e. The molecule has 0 bridgehead atoms. The molecule has 164 valence electrons. The lowest BCUT2D eigenvalue weighted by Gasteiger charge is -2.52. The van der Waals surface area contributed by atoms with Crippen LogP contribution in [-0.4, -0.2) is 25.3 Å². The van der Waals surface area contributed by atoms with Gasteiger partial charge in [-0.3, -0.25) is 0 Å². The van der Waals surface area contributed by atoms with Crippen LogP contribution in [0.3, 0.4) is 0 Å². The van der Waals surface area contributed by atoms with Crippen molar-refractivity contribution in [1.82, 2.24) is 4.83 Å². The summed E-state index contributed by atoms with van der Waals surface area (Å²) in [6.45, 7) is 1.95. The second-order valence-electron chi connectivity index (χ2n) is 10.2. The molecule has 1 aromatic carbocycles. The molecule has 4 saturated carbocycles. The van der Waals surface area contributed by atoms with Gasteiger partial charge in [-0.05, 0) is 106 Å². The Morgan fingerprint density at radius 3 is 2.40 bits per heavy atom. The Labute approximate surface area is 180 Å². The summed E-state index contributed by atoms with van der Waals surface area (Å²) in [7, 11) is -3.61. The Kier molecular flexibility index (Phi) is 5.42. The maximum atomic E-state index is 12.6. The molecular formula is C24H34N2O3S. The highest BCUT2D eigenvalue weighted by Crippen LogP contribution is 2.57. The Hall–Kier alpha value is -1.40. The second kappa shape index (κ2) is 7.94. The first-order chi connectivity index (χ1) is 14.4. The highest BCUT2D eigenvalue weighted by atomic mass is 32.2. The summed E-state index contributed by atoms with van der Waals surface area (Å²) in [6.07, 6.45) is 10.1. The van der Waals surface area contributed by atoms with Crippen molar-refractivity contribution in [2.24, 2.45) is 40.6 Å². The molecule has 4 fully saturated rings. The molecule has 4 aliphatic rings. The van der Waals surface area contributed by atoms with Gasteiger partial charge >= 0.3 is 0 Å². The zero-order valence-corrected chi connectivity index (χ0v) is 18.7. The number of nitrogens with one attached hydrogen (secondary N) is 1. The van der Waals surface area contributed by atoms with E-state index in [0.29, 0.717) is 11.8 Å². The molecule has 4 aliphatic carbocycles. The van der Waals surface area contributed by atoms with Gasteiger partial charge in [0.15, 0.2) is 0 Å². The fraction of sp³-hybridized carbons (Fsp3) is 0.708. The number of nitrogens with zero attached hydrogens (tertiary/aromatic N) is 1. The molecule has 5 rings (SSSR count). The van der Waals surface area contributed by atoms with Gasteiger partial charge in [0.1, 0.15) is 0 Å². The van der Waals surface area contributed by atoms with Crippen LogP contribution in [0.1, 0.15) is 63.4 Å². The molecule has 7 atom stereocenters. The van der Waals surface area contributed by atoms with Gasteiger partial charge in [0.05, 0.1) is 11.0 Å². The summed E-state index contributed by atoms with van der Waals surface area (Å²) >= 11 is 0. The number of fused-ring (bicyclic) bond motifs is 5. The third-order valence-corrected chi connectivity index (χ3v) is 9.89. The number of aryl methyl sites for hydroxylation is 1. The van der Waals surface area contributed by atoms with Crippen LogP contribution in [0.25, 0.3) is 0 Å². The van der Waals surface area contributed by atoms with Crippen LogP contribution in [0, 0.1) is 42.4 Å². The van der Waals surface area contributed by atoms with Crippen LogP contribution in [0.4, 0.5) is 0 Å². The molecule has 6 heteroatoms. The maximum absolute atomic E-state index is 12.6. The molecule has 0 radical (unpaired) electrons. The van der Waals surface area contributed by atoms with E-state index in [9.17, 15) is 13.5 Å². The van der Waals surface area contributed by atoms with Gasteiger partial charge in [-0.1, -0.05) is 17.7 Å².